The van der Waals surface area contributed by atoms with Crippen LogP contribution in [0.2, 0.25) is 0 Å². The molecule has 0 fully saturated rings. The second-order valence-corrected chi connectivity index (χ2v) is 12.8. The van der Waals surface area contributed by atoms with E-state index in [9.17, 15) is 0 Å². The lowest BCUT2D eigenvalue weighted by atomic mass is 10.0. The molecular weight excluding hydrogens is 583 g/mol. The number of thiophene rings is 1. The van der Waals surface area contributed by atoms with Crippen LogP contribution in [0, 0.1) is 0 Å². The molecule has 0 spiro atoms. The summed E-state index contributed by atoms with van der Waals surface area (Å²) in [5.74, 6) is 0. The first-order valence-electron chi connectivity index (χ1n) is 15.4. The van der Waals surface area contributed by atoms with Crippen LogP contribution in [0.5, 0.6) is 0 Å². The van der Waals surface area contributed by atoms with Gasteiger partial charge in [0.2, 0.25) is 0 Å². The second-order valence-electron chi connectivity index (χ2n) is 11.7. The molecule has 0 saturated carbocycles. The summed E-state index contributed by atoms with van der Waals surface area (Å²) in [4.78, 5) is 2.32. The van der Waals surface area contributed by atoms with Gasteiger partial charge in [0.15, 0.2) is 0 Å². The topological polar surface area (TPSA) is 29.5 Å². The van der Waals surface area contributed by atoms with Crippen molar-refractivity contribution in [3.63, 3.8) is 0 Å². The minimum Gasteiger partial charge on any atom is -0.456 e. The van der Waals surface area contributed by atoms with E-state index in [-0.39, 0.29) is 0 Å². The predicted octanol–water partition coefficient (Wildman–Crippen LogP) is 13.0. The standard InChI is InChI=1S/C42H25NO2S/c1-2-9-28(10-3-1)43(33-13-8-16-36-40(33)30-11-4-6-14-34(30)44-36)29-20-17-26(18-21-29)27-19-22-32-39(25-27)46-38-24-23-37-41(42(32)38)31-12-5-7-15-35(31)45-37/h1-25H. The fraction of sp³-hybridized carbons (Fsp3) is 0. The monoisotopic (exact) mass is 607 g/mol. The highest BCUT2D eigenvalue weighted by atomic mass is 32.1. The molecule has 0 saturated heterocycles. The van der Waals surface area contributed by atoms with Crippen LogP contribution in [0.1, 0.15) is 0 Å². The molecule has 216 valence electrons. The summed E-state index contributed by atoms with van der Waals surface area (Å²) >= 11 is 1.84. The Morgan fingerprint density at radius 1 is 0.391 bits per heavy atom. The molecule has 0 N–H and O–H groups in total. The van der Waals surface area contributed by atoms with Crippen molar-refractivity contribution < 1.29 is 8.83 Å². The van der Waals surface area contributed by atoms with Gasteiger partial charge in [0.25, 0.3) is 0 Å². The Morgan fingerprint density at radius 2 is 1.02 bits per heavy atom. The van der Waals surface area contributed by atoms with Crippen molar-refractivity contribution in [3.8, 4) is 11.1 Å². The summed E-state index contributed by atoms with van der Waals surface area (Å²) in [5.41, 5.74) is 9.31. The molecule has 0 radical (unpaired) electrons. The first-order valence-corrected chi connectivity index (χ1v) is 16.2. The summed E-state index contributed by atoms with van der Waals surface area (Å²) in [5, 5.41) is 7.16. The Morgan fingerprint density at radius 3 is 1.80 bits per heavy atom. The maximum atomic E-state index is 6.26. The van der Waals surface area contributed by atoms with Crippen LogP contribution in [0.4, 0.5) is 17.1 Å². The van der Waals surface area contributed by atoms with Gasteiger partial charge < -0.3 is 13.7 Å². The van der Waals surface area contributed by atoms with E-state index >= 15 is 0 Å². The normalized spacial score (nSPS) is 11.9. The molecule has 46 heavy (non-hydrogen) atoms. The van der Waals surface area contributed by atoms with Crippen molar-refractivity contribution >= 4 is 92.4 Å². The van der Waals surface area contributed by atoms with Gasteiger partial charge in [-0.25, -0.2) is 0 Å². The number of benzene rings is 7. The van der Waals surface area contributed by atoms with E-state index in [0.29, 0.717) is 0 Å². The average Bonchev–Trinajstić information content (AvgIpc) is 3.80. The Hall–Kier alpha value is -5.84. The van der Waals surface area contributed by atoms with Crippen LogP contribution >= 0.6 is 11.3 Å². The van der Waals surface area contributed by atoms with E-state index in [1.807, 2.05) is 35.6 Å². The second kappa shape index (κ2) is 9.83. The third kappa shape index (κ3) is 3.77. The number of hydrogen-bond acceptors (Lipinski definition) is 4. The van der Waals surface area contributed by atoms with Crippen molar-refractivity contribution in [2.75, 3.05) is 4.90 Å². The molecule has 0 bridgehead atoms. The molecule has 0 aliphatic rings. The highest BCUT2D eigenvalue weighted by molar-refractivity contribution is 7.26. The smallest absolute Gasteiger partial charge is 0.137 e. The number of nitrogens with zero attached hydrogens (tertiary/aromatic N) is 1. The minimum absolute atomic E-state index is 0.883. The maximum Gasteiger partial charge on any atom is 0.137 e. The molecule has 0 aliphatic carbocycles. The summed E-state index contributed by atoms with van der Waals surface area (Å²) < 4.78 is 15.0. The maximum absolute atomic E-state index is 6.26. The lowest BCUT2D eigenvalue weighted by Crippen LogP contribution is -2.10. The molecule has 0 unspecified atom stereocenters. The third-order valence-electron chi connectivity index (χ3n) is 9.07. The van der Waals surface area contributed by atoms with Gasteiger partial charge in [-0.2, -0.15) is 0 Å². The van der Waals surface area contributed by atoms with Crippen molar-refractivity contribution in [2.24, 2.45) is 0 Å². The van der Waals surface area contributed by atoms with Crippen molar-refractivity contribution in [3.05, 3.63) is 152 Å². The van der Waals surface area contributed by atoms with Crippen LogP contribution in [0.15, 0.2) is 160 Å². The molecule has 4 heteroatoms. The van der Waals surface area contributed by atoms with Crippen molar-refractivity contribution in [2.45, 2.75) is 0 Å². The van der Waals surface area contributed by atoms with Gasteiger partial charge in [-0.15, -0.1) is 11.3 Å². The van der Waals surface area contributed by atoms with Crippen LogP contribution < -0.4 is 4.90 Å². The van der Waals surface area contributed by atoms with E-state index < -0.39 is 0 Å². The number of para-hydroxylation sites is 3. The summed E-state index contributed by atoms with van der Waals surface area (Å²) in [6, 6.07) is 53.5. The van der Waals surface area contributed by atoms with Crippen LogP contribution in [-0.2, 0) is 0 Å². The largest absolute Gasteiger partial charge is 0.456 e. The number of hydrogen-bond donors (Lipinski definition) is 0. The molecule has 3 heterocycles. The van der Waals surface area contributed by atoms with Gasteiger partial charge in [0.05, 0.1) is 11.1 Å². The lowest BCUT2D eigenvalue weighted by Gasteiger charge is -2.26. The molecule has 0 atom stereocenters. The van der Waals surface area contributed by atoms with E-state index in [2.05, 4.69) is 132 Å². The molecule has 0 aliphatic heterocycles. The fourth-order valence-corrected chi connectivity index (χ4v) is 8.16. The first-order chi connectivity index (χ1) is 22.8. The summed E-state index contributed by atoms with van der Waals surface area (Å²) in [6.45, 7) is 0. The van der Waals surface area contributed by atoms with Crippen LogP contribution in [0.25, 0.3) is 75.2 Å². The van der Waals surface area contributed by atoms with Gasteiger partial charge in [0, 0.05) is 47.7 Å². The molecular formula is C42H25NO2S. The van der Waals surface area contributed by atoms with Gasteiger partial charge in [0.1, 0.15) is 22.3 Å². The average molecular weight is 608 g/mol. The van der Waals surface area contributed by atoms with Crippen LogP contribution in [-0.4, -0.2) is 0 Å². The van der Waals surface area contributed by atoms with Crippen molar-refractivity contribution in [1.29, 1.82) is 0 Å². The SMILES string of the molecule is c1ccc(N(c2ccc(-c3ccc4c(c3)sc3ccc5oc6ccccc6c5c34)cc2)c2cccc3oc4ccccc4c23)cc1. The third-order valence-corrected chi connectivity index (χ3v) is 10.2. The molecule has 10 rings (SSSR count). The van der Waals surface area contributed by atoms with E-state index in [1.54, 1.807) is 0 Å². The quantitative estimate of drug-likeness (QED) is 0.199. The zero-order valence-electron chi connectivity index (χ0n) is 24.6. The van der Waals surface area contributed by atoms with E-state index in [4.69, 9.17) is 8.83 Å². The first kappa shape index (κ1) is 25.5. The van der Waals surface area contributed by atoms with Crippen molar-refractivity contribution in [1.82, 2.24) is 0 Å². The molecule has 10 aromatic rings. The number of furan rings is 2. The zero-order valence-corrected chi connectivity index (χ0v) is 25.4. The highest BCUT2D eigenvalue weighted by Crippen LogP contribution is 2.45. The Kier molecular flexibility index (Phi) is 5.45. The Balaban J connectivity index is 1.10. The molecule has 7 aromatic carbocycles. The number of rotatable bonds is 4. The number of fused-ring (bicyclic) bond motifs is 10. The molecule has 0 amide bonds. The molecule has 3 aromatic heterocycles. The van der Waals surface area contributed by atoms with E-state index in [0.717, 1.165) is 50.2 Å². The summed E-state index contributed by atoms with van der Waals surface area (Å²) in [7, 11) is 0. The fourth-order valence-electron chi connectivity index (χ4n) is 7.01. The lowest BCUT2D eigenvalue weighted by molar-refractivity contribution is 0.668. The predicted molar refractivity (Wildman–Crippen MR) is 194 cm³/mol. The number of anilines is 3. The Labute approximate surface area is 268 Å². The van der Waals surface area contributed by atoms with Gasteiger partial charge >= 0.3 is 0 Å². The zero-order chi connectivity index (χ0) is 30.2. The highest BCUT2D eigenvalue weighted by Gasteiger charge is 2.20. The van der Waals surface area contributed by atoms with Crippen LogP contribution in [0.3, 0.4) is 0 Å². The Bertz CT molecular complexity index is 2750. The van der Waals surface area contributed by atoms with Gasteiger partial charge in [-0.3, -0.25) is 0 Å². The minimum atomic E-state index is 0.883. The van der Waals surface area contributed by atoms with Gasteiger partial charge in [-0.05, 0) is 77.9 Å². The summed E-state index contributed by atoms with van der Waals surface area (Å²) in [6.07, 6.45) is 0. The van der Waals surface area contributed by atoms with E-state index in [1.165, 1.54) is 42.1 Å². The van der Waals surface area contributed by atoms with Gasteiger partial charge in [-0.1, -0.05) is 84.9 Å². The molecule has 3 nitrogen and oxygen atoms in total.